The lowest BCUT2D eigenvalue weighted by molar-refractivity contribution is 0.0590. The van der Waals surface area contributed by atoms with Crippen LogP contribution in [0.15, 0.2) is 16.5 Å². The normalized spacial score (nSPS) is 10.8. The molecule has 0 radical (unpaired) electrons. The summed E-state index contributed by atoms with van der Waals surface area (Å²) >= 11 is 0. The summed E-state index contributed by atoms with van der Waals surface area (Å²) in [6.07, 6.45) is 0. The van der Waals surface area contributed by atoms with Crippen LogP contribution in [-0.4, -0.2) is 17.6 Å². The number of aryl methyl sites for hydroxylation is 2. The maximum absolute atomic E-state index is 11.3. The molecule has 0 aliphatic carbocycles. The third kappa shape index (κ3) is 1.11. The zero-order chi connectivity index (χ0) is 10.3. The van der Waals surface area contributed by atoms with Gasteiger partial charge in [0.15, 0.2) is 5.58 Å². The number of carbonyl (C=O) groups is 1. The first-order valence-electron chi connectivity index (χ1n) is 4.27. The number of hydrogen-bond acceptors (Lipinski definition) is 3. The summed E-state index contributed by atoms with van der Waals surface area (Å²) < 4.78 is 11.8. The lowest BCUT2D eigenvalue weighted by atomic mass is 10.4. The number of esters is 1. The van der Waals surface area contributed by atoms with Crippen LogP contribution in [-0.2, 0) is 11.8 Å². The highest BCUT2D eigenvalue weighted by Gasteiger charge is 2.15. The molecule has 2 aromatic rings. The molecule has 2 heterocycles. The van der Waals surface area contributed by atoms with E-state index in [-0.39, 0.29) is 5.97 Å². The predicted octanol–water partition coefficient (Wildman–Crippen LogP) is 1.87. The summed E-state index contributed by atoms with van der Waals surface area (Å²) in [7, 11) is 3.17. The van der Waals surface area contributed by atoms with Gasteiger partial charge in [-0.15, -0.1) is 0 Å². The van der Waals surface area contributed by atoms with E-state index in [4.69, 9.17) is 4.42 Å². The maximum atomic E-state index is 11.3. The molecule has 2 aromatic heterocycles. The quantitative estimate of drug-likeness (QED) is 0.649. The Kier molecular flexibility index (Phi) is 1.84. The highest BCUT2D eigenvalue weighted by atomic mass is 16.5. The van der Waals surface area contributed by atoms with Crippen LogP contribution in [0.5, 0.6) is 0 Å². The van der Waals surface area contributed by atoms with Crippen molar-refractivity contribution in [2.45, 2.75) is 6.92 Å². The largest absolute Gasteiger partial charge is 0.464 e. The van der Waals surface area contributed by atoms with E-state index in [9.17, 15) is 4.79 Å². The molecule has 14 heavy (non-hydrogen) atoms. The fourth-order valence-electron chi connectivity index (χ4n) is 1.54. The van der Waals surface area contributed by atoms with Gasteiger partial charge in [0.2, 0.25) is 0 Å². The number of nitrogens with zero attached hydrogens (tertiary/aromatic N) is 1. The van der Waals surface area contributed by atoms with Crippen LogP contribution in [0.2, 0.25) is 0 Å². The highest BCUT2D eigenvalue weighted by molar-refractivity contribution is 5.93. The second-order valence-electron chi connectivity index (χ2n) is 3.19. The number of ether oxygens (including phenoxy) is 1. The molecule has 74 valence electrons. The summed E-state index contributed by atoms with van der Waals surface area (Å²) in [5.41, 5.74) is 2.12. The van der Waals surface area contributed by atoms with Gasteiger partial charge in [-0.1, -0.05) is 0 Å². The van der Waals surface area contributed by atoms with E-state index in [1.807, 2.05) is 20.0 Å². The number of carbonyl (C=O) groups excluding carboxylic acids is 1. The molecule has 4 heteroatoms. The summed E-state index contributed by atoms with van der Waals surface area (Å²) in [5.74, 6) is 0.485. The van der Waals surface area contributed by atoms with Crippen molar-refractivity contribution in [3.63, 3.8) is 0 Å². The average Bonchev–Trinajstić information content (AvgIpc) is 2.64. The molecule has 0 aliphatic heterocycles. The van der Waals surface area contributed by atoms with E-state index in [1.54, 1.807) is 10.6 Å². The van der Waals surface area contributed by atoms with Gasteiger partial charge in [0, 0.05) is 19.2 Å². The van der Waals surface area contributed by atoms with Gasteiger partial charge in [-0.2, -0.15) is 0 Å². The Morgan fingerprint density at radius 2 is 2.21 bits per heavy atom. The van der Waals surface area contributed by atoms with Crippen LogP contribution < -0.4 is 0 Å². The molecule has 0 amide bonds. The molecule has 2 rings (SSSR count). The van der Waals surface area contributed by atoms with E-state index in [1.165, 1.54) is 7.11 Å². The van der Waals surface area contributed by atoms with Crippen LogP contribution in [0.4, 0.5) is 0 Å². The van der Waals surface area contributed by atoms with Gasteiger partial charge in [-0.25, -0.2) is 4.79 Å². The van der Waals surface area contributed by atoms with E-state index in [2.05, 4.69) is 4.74 Å². The van der Waals surface area contributed by atoms with Crippen molar-refractivity contribution in [2.75, 3.05) is 7.11 Å². The van der Waals surface area contributed by atoms with Crippen molar-refractivity contribution in [3.05, 3.63) is 23.6 Å². The lowest BCUT2D eigenvalue weighted by Crippen LogP contribution is -2.06. The number of aromatic nitrogens is 1. The molecular weight excluding hydrogens is 182 g/mol. The van der Waals surface area contributed by atoms with Gasteiger partial charge in [-0.3, -0.25) is 0 Å². The molecule has 0 atom stereocenters. The van der Waals surface area contributed by atoms with Crippen molar-refractivity contribution in [3.8, 4) is 0 Å². The molecular formula is C10H11NO3. The molecule has 0 spiro atoms. The third-order valence-electron chi connectivity index (χ3n) is 2.25. The van der Waals surface area contributed by atoms with E-state index in [0.717, 1.165) is 11.3 Å². The van der Waals surface area contributed by atoms with E-state index in [0.29, 0.717) is 11.3 Å². The fourth-order valence-corrected chi connectivity index (χ4v) is 1.54. The Hall–Kier alpha value is -1.71. The SMILES string of the molecule is COC(=O)c1cc2oc(C)cc2n1C. The first-order chi connectivity index (χ1) is 6.63. The Morgan fingerprint density at radius 1 is 1.50 bits per heavy atom. The van der Waals surface area contributed by atoms with Crippen LogP contribution in [0.1, 0.15) is 16.2 Å². The molecule has 0 N–H and O–H groups in total. The van der Waals surface area contributed by atoms with Crippen molar-refractivity contribution in [1.82, 2.24) is 4.57 Å². The van der Waals surface area contributed by atoms with Gasteiger partial charge in [-0.05, 0) is 6.92 Å². The lowest BCUT2D eigenvalue weighted by Gasteiger charge is -1.99. The van der Waals surface area contributed by atoms with Crippen LogP contribution >= 0.6 is 0 Å². The standard InChI is InChI=1S/C10H11NO3/c1-6-4-7-9(14-6)5-8(11(7)2)10(12)13-3/h4-5H,1-3H3. The number of hydrogen-bond donors (Lipinski definition) is 0. The Bertz CT molecular complexity index is 493. The summed E-state index contributed by atoms with van der Waals surface area (Å²) in [5, 5.41) is 0. The van der Waals surface area contributed by atoms with Gasteiger partial charge in [0.1, 0.15) is 11.5 Å². The molecule has 0 unspecified atom stereocenters. The average molecular weight is 193 g/mol. The Balaban J connectivity index is 2.64. The monoisotopic (exact) mass is 193 g/mol. The van der Waals surface area contributed by atoms with Gasteiger partial charge in [0.25, 0.3) is 0 Å². The molecule has 0 bridgehead atoms. The highest BCUT2D eigenvalue weighted by Crippen LogP contribution is 2.22. The fraction of sp³-hybridized carbons (Fsp3) is 0.300. The molecule has 4 nitrogen and oxygen atoms in total. The number of furan rings is 1. The minimum atomic E-state index is -0.350. The topological polar surface area (TPSA) is 44.4 Å². The third-order valence-corrected chi connectivity index (χ3v) is 2.25. The minimum Gasteiger partial charge on any atom is -0.464 e. The smallest absolute Gasteiger partial charge is 0.354 e. The van der Waals surface area contributed by atoms with Crippen molar-refractivity contribution in [1.29, 1.82) is 0 Å². The Labute approximate surface area is 81.1 Å². The van der Waals surface area contributed by atoms with E-state index >= 15 is 0 Å². The summed E-state index contributed by atoms with van der Waals surface area (Å²) in [4.78, 5) is 11.3. The van der Waals surface area contributed by atoms with Crippen LogP contribution in [0, 0.1) is 6.92 Å². The molecule has 0 aliphatic rings. The van der Waals surface area contributed by atoms with Crippen LogP contribution in [0.25, 0.3) is 11.1 Å². The molecule has 0 aromatic carbocycles. The van der Waals surface area contributed by atoms with Gasteiger partial charge in [0.05, 0.1) is 12.6 Å². The first kappa shape index (κ1) is 8.87. The first-order valence-corrected chi connectivity index (χ1v) is 4.27. The van der Waals surface area contributed by atoms with Gasteiger partial charge >= 0.3 is 5.97 Å². The number of fused-ring (bicyclic) bond motifs is 1. The van der Waals surface area contributed by atoms with Crippen molar-refractivity contribution >= 4 is 17.1 Å². The zero-order valence-electron chi connectivity index (χ0n) is 8.33. The number of methoxy groups -OCH3 is 1. The second kappa shape index (κ2) is 2.90. The second-order valence-corrected chi connectivity index (χ2v) is 3.19. The van der Waals surface area contributed by atoms with Gasteiger partial charge < -0.3 is 13.7 Å². The summed E-state index contributed by atoms with van der Waals surface area (Å²) in [6.45, 7) is 1.87. The zero-order valence-corrected chi connectivity index (χ0v) is 8.33. The van der Waals surface area contributed by atoms with E-state index < -0.39 is 0 Å². The van der Waals surface area contributed by atoms with Crippen molar-refractivity contribution in [2.24, 2.45) is 7.05 Å². The number of rotatable bonds is 1. The Morgan fingerprint density at radius 3 is 2.79 bits per heavy atom. The molecule has 0 saturated heterocycles. The predicted molar refractivity (Wildman–Crippen MR) is 51.3 cm³/mol. The molecule has 0 fully saturated rings. The minimum absolute atomic E-state index is 0.350. The van der Waals surface area contributed by atoms with Crippen LogP contribution in [0.3, 0.4) is 0 Å². The van der Waals surface area contributed by atoms with Crippen molar-refractivity contribution < 1.29 is 13.9 Å². The summed E-state index contributed by atoms with van der Waals surface area (Å²) in [6, 6.07) is 3.58. The maximum Gasteiger partial charge on any atom is 0.354 e. The molecule has 0 saturated carbocycles.